The third-order valence-electron chi connectivity index (χ3n) is 3.70. The molecule has 1 fully saturated rings. The molecular formula is C15H17ClFN3. The Morgan fingerprint density at radius 3 is 2.80 bits per heavy atom. The zero-order valence-corrected chi connectivity index (χ0v) is 12.1. The number of hydrogen-bond donors (Lipinski definition) is 1. The molecule has 1 aliphatic rings. The van der Waals surface area contributed by atoms with E-state index in [-0.39, 0.29) is 5.02 Å². The maximum absolute atomic E-state index is 13.6. The van der Waals surface area contributed by atoms with Crippen LogP contribution < -0.4 is 5.32 Å². The van der Waals surface area contributed by atoms with Gasteiger partial charge in [-0.25, -0.2) is 9.37 Å². The standard InChI is InChI=1S/C15H17ClFN3/c1-10-9-20(12-6-7-13(16)14(17)8-12)15(18-10)19-11-4-2-3-5-11/h6-9,11H,2-5H2,1H3,(H,18,19). The van der Waals surface area contributed by atoms with Gasteiger partial charge in [-0.1, -0.05) is 24.4 Å². The number of nitrogens with one attached hydrogen (secondary N) is 1. The van der Waals surface area contributed by atoms with Gasteiger partial charge in [-0.15, -0.1) is 0 Å². The largest absolute Gasteiger partial charge is 0.353 e. The van der Waals surface area contributed by atoms with Crippen molar-refractivity contribution in [2.75, 3.05) is 5.32 Å². The fourth-order valence-corrected chi connectivity index (χ4v) is 2.80. The number of imidazole rings is 1. The normalized spacial score (nSPS) is 15.8. The Morgan fingerprint density at radius 2 is 2.10 bits per heavy atom. The third-order valence-corrected chi connectivity index (χ3v) is 4.00. The van der Waals surface area contributed by atoms with Crippen molar-refractivity contribution >= 4 is 17.5 Å². The van der Waals surface area contributed by atoms with Crippen molar-refractivity contribution in [1.29, 1.82) is 0 Å². The molecule has 1 aromatic heterocycles. The van der Waals surface area contributed by atoms with Gasteiger partial charge >= 0.3 is 0 Å². The second-order valence-electron chi connectivity index (χ2n) is 5.30. The topological polar surface area (TPSA) is 29.9 Å². The van der Waals surface area contributed by atoms with Gasteiger partial charge < -0.3 is 5.32 Å². The van der Waals surface area contributed by atoms with E-state index in [1.165, 1.54) is 31.7 Å². The summed E-state index contributed by atoms with van der Waals surface area (Å²) in [5.41, 5.74) is 1.63. The Morgan fingerprint density at radius 1 is 1.35 bits per heavy atom. The number of benzene rings is 1. The van der Waals surface area contributed by atoms with Crippen LogP contribution in [0.1, 0.15) is 31.4 Å². The Hall–Kier alpha value is -1.55. The summed E-state index contributed by atoms with van der Waals surface area (Å²) in [5, 5.41) is 3.59. The molecule has 106 valence electrons. The number of anilines is 1. The Bertz CT molecular complexity index is 618. The van der Waals surface area contributed by atoms with Crippen LogP contribution >= 0.6 is 11.6 Å². The number of rotatable bonds is 3. The molecule has 1 N–H and O–H groups in total. The molecule has 1 aliphatic carbocycles. The highest BCUT2D eigenvalue weighted by Gasteiger charge is 2.18. The molecule has 20 heavy (non-hydrogen) atoms. The SMILES string of the molecule is Cc1cn(-c2ccc(Cl)c(F)c2)c(NC2CCCC2)n1. The lowest BCUT2D eigenvalue weighted by molar-refractivity contribution is 0.627. The van der Waals surface area contributed by atoms with E-state index in [1.807, 2.05) is 17.7 Å². The van der Waals surface area contributed by atoms with Crippen LogP contribution in [-0.2, 0) is 0 Å². The summed E-state index contributed by atoms with van der Waals surface area (Å²) in [6, 6.07) is 5.27. The van der Waals surface area contributed by atoms with Gasteiger partial charge in [-0.2, -0.15) is 0 Å². The number of nitrogens with zero attached hydrogens (tertiary/aromatic N) is 2. The molecule has 5 heteroatoms. The van der Waals surface area contributed by atoms with E-state index in [9.17, 15) is 4.39 Å². The first-order chi connectivity index (χ1) is 9.63. The van der Waals surface area contributed by atoms with Gasteiger partial charge in [-0.3, -0.25) is 4.57 Å². The van der Waals surface area contributed by atoms with Gasteiger partial charge in [0.15, 0.2) is 0 Å². The average Bonchev–Trinajstić information content (AvgIpc) is 3.03. The highest BCUT2D eigenvalue weighted by atomic mass is 35.5. The van der Waals surface area contributed by atoms with Gasteiger partial charge in [0, 0.05) is 12.2 Å². The second-order valence-corrected chi connectivity index (χ2v) is 5.71. The zero-order valence-electron chi connectivity index (χ0n) is 11.4. The minimum absolute atomic E-state index is 0.135. The summed E-state index contributed by atoms with van der Waals surface area (Å²) in [6.07, 6.45) is 6.75. The van der Waals surface area contributed by atoms with Gasteiger partial charge in [0.25, 0.3) is 0 Å². The summed E-state index contributed by atoms with van der Waals surface area (Å²) >= 11 is 5.74. The van der Waals surface area contributed by atoms with Crippen molar-refractivity contribution < 1.29 is 4.39 Å². The van der Waals surface area contributed by atoms with Crippen LogP contribution in [0.5, 0.6) is 0 Å². The van der Waals surface area contributed by atoms with Gasteiger partial charge in [0.2, 0.25) is 5.95 Å². The lowest BCUT2D eigenvalue weighted by atomic mass is 10.2. The zero-order chi connectivity index (χ0) is 14.1. The van der Waals surface area contributed by atoms with Gasteiger partial charge in [-0.05, 0) is 38.0 Å². The lowest BCUT2D eigenvalue weighted by Crippen LogP contribution is -2.17. The van der Waals surface area contributed by atoms with Crippen molar-refractivity contribution in [1.82, 2.24) is 9.55 Å². The summed E-state index contributed by atoms with van der Waals surface area (Å²) < 4.78 is 15.5. The van der Waals surface area contributed by atoms with E-state index in [1.54, 1.807) is 12.1 Å². The molecule has 0 atom stereocenters. The van der Waals surface area contributed by atoms with E-state index in [0.29, 0.717) is 6.04 Å². The molecule has 1 heterocycles. The Labute approximate surface area is 122 Å². The number of hydrogen-bond acceptors (Lipinski definition) is 2. The van der Waals surface area contributed by atoms with Crippen LogP contribution in [0, 0.1) is 12.7 Å². The van der Waals surface area contributed by atoms with E-state index in [0.717, 1.165) is 17.3 Å². The molecular weight excluding hydrogens is 277 g/mol. The van der Waals surface area contributed by atoms with Crippen molar-refractivity contribution in [2.24, 2.45) is 0 Å². The van der Waals surface area contributed by atoms with Crippen molar-refractivity contribution in [3.63, 3.8) is 0 Å². The summed E-state index contributed by atoms with van der Waals surface area (Å²) in [4.78, 5) is 4.50. The first kappa shape index (κ1) is 13.4. The monoisotopic (exact) mass is 293 g/mol. The Kier molecular flexibility index (Phi) is 3.66. The predicted octanol–water partition coefficient (Wildman–Crippen LogP) is 4.33. The van der Waals surface area contributed by atoms with Crippen LogP contribution in [0.4, 0.5) is 10.3 Å². The van der Waals surface area contributed by atoms with E-state index < -0.39 is 5.82 Å². The summed E-state index contributed by atoms with van der Waals surface area (Å²) in [7, 11) is 0. The van der Waals surface area contributed by atoms with Gasteiger partial charge in [0.1, 0.15) is 5.82 Å². The second kappa shape index (κ2) is 5.44. The number of aryl methyl sites for hydroxylation is 1. The molecule has 0 unspecified atom stereocenters. The summed E-state index contributed by atoms with van der Waals surface area (Å²) in [6.45, 7) is 1.93. The van der Waals surface area contributed by atoms with Crippen molar-refractivity contribution in [2.45, 2.75) is 38.6 Å². The molecule has 1 aromatic carbocycles. The van der Waals surface area contributed by atoms with Crippen LogP contribution in [0.15, 0.2) is 24.4 Å². The minimum Gasteiger partial charge on any atom is -0.353 e. The molecule has 0 spiro atoms. The average molecular weight is 294 g/mol. The molecule has 0 saturated heterocycles. The third kappa shape index (κ3) is 2.66. The van der Waals surface area contributed by atoms with Crippen LogP contribution in [-0.4, -0.2) is 15.6 Å². The van der Waals surface area contributed by atoms with E-state index in [4.69, 9.17) is 11.6 Å². The highest BCUT2D eigenvalue weighted by molar-refractivity contribution is 6.30. The van der Waals surface area contributed by atoms with Crippen LogP contribution in [0.25, 0.3) is 5.69 Å². The summed E-state index contributed by atoms with van der Waals surface area (Å²) in [5.74, 6) is 0.360. The molecule has 1 saturated carbocycles. The van der Waals surface area contributed by atoms with Crippen LogP contribution in [0.3, 0.4) is 0 Å². The van der Waals surface area contributed by atoms with Crippen molar-refractivity contribution in [3.8, 4) is 5.69 Å². The van der Waals surface area contributed by atoms with Gasteiger partial charge in [0.05, 0.1) is 16.4 Å². The van der Waals surface area contributed by atoms with Crippen molar-refractivity contribution in [3.05, 3.63) is 40.9 Å². The maximum atomic E-state index is 13.6. The van der Waals surface area contributed by atoms with E-state index >= 15 is 0 Å². The maximum Gasteiger partial charge on any atom is 0.207 e. The first-order valence-electron chi connectivity index (χ1n) is 6.91. The molecule has 0 radical (unpaired) electrons. The first-order valence-corrected chi connectivity index (χ1v) is 7.29. The lowest BCUT2D eigenvalue weighted by Gasteiger charge is -2.14. The smallest absolute Gasteiger partial charge is 0.207 e. The molecule has 0 bridgehead atoms. The molecule has 3 rings (SSSR count). The fraction of sp³-hybridized carbons (Fsp3) is 0.400. The fourth-order valence-electron chi connectivity index (χ4n) is 2.68. The minimum atomic E-state index is -0.415. The number of aromatic nitrogens is 2. The highest BCUT2D eigenvalue weighted by Crippen LogP contribution is 2.25. The molecule has 0 amide bonds. The molecule has 2 aromatic rings. The van der Waals surface area contributed by atoms with E-state index in [2.05, 4.69) is 10.3 Å². The Balaban J connectivity index is 1.93. The quantitative estimate of drug-likeness (QED) is 0.913. The van der Waals surface area contributed by atoms with Crippen LogP contribution in [0.2, 0.25) is 5.02 Å². The molecule has 0 aliphatic heterocycles. The predicted molar refractivity (Wildman–Crippen MR) is 79.1 cm³/mol. The molecule has 3 nitrogen and oxygen atoms in total. The number of halogens is 2.